The van der Waals surface area contributed by atoms with E-state index in [-0.39, 0.29) is 6.10 Å². The summed E-state index contributed by atoms with van der Waals surface area (Å²) in [7, 11) is 0. The van der Waals surface area contributed by atoms with Crippen molar-refractivity contribution in [2.75, 3.05) is 0 Å². The predicted octanol–water partition coefficient (Wildman–Crippen LogP) is 2.36. The number of aliphatic hydroxyl groups excluding tert-OH is 1. The molecule has 1 N–H and O–H groups in total. The summed E-state index contributed by atoms with van der Waals surface area (Å²) in [6.45, 7) is 6.56. The second-order valence-corrected chi connectivity index (χ2v) is 4.92. The molecule has 0 aromatic heterocycles. The third kappa shape index (κ3) is 0.891. The highest BCUT2D eigenvalue weighted by Crippen LogP contribution is 2.59. The first kappa shape index (κ1) is 8.31. The first-order valence-corrected chi connectivity index (χ1v) is 4.91. The van der Waals surface area contributed by atoms with E-state index in [2.05, 4.69) is 19.9 Å². The van der Waals surface area contributed by atoms with Gasteiger partial charge in [-0.25, -0.2) is 0 Å². The molecule has 0 aliphatic heterocycles. The van der Waals surface area contributed by atoms with Gasteiger partial charge in [0, 0.05) is 0 Å². The van der Waals surface area contributed by atoms with Crippen LogP contribution in [0.4, 0.5) is 0 Å². The van der Waals surface area contributed by atoms with E-state index in [9.17, 15) is 5.11 Å². The molecule has 2 bridgehead atoms. The van der Waals surface area contributed by atoms with E-state index in [1.165, 1.54) is 18.4 Å². The monoisotopic (exact) mass is 166 g/mol. The van der Waals surface area contributed by atoms with Gasteiger partial charge < -0.3 is 5.11 Å². The van der Waals surface area contributed by atoms with Crippen molar-refractivity contribution >= 4 is 0 Å². The average molecular weight is 166 g/mol. The van der Waals surface area contributed by atoms with Gasteiger partial charge in [0.05, 0.1) is 6.10 Å². The van der Waals surface area contributed by atoms with E-state index in [0.29, 0.717) is 11.3 Å². The van der Waals surface area contributed by atoms with E-state index in [1.54, 1.807) is 0 Å². The lowest BCUT2D eigenvalue weighted by molar-refractivity contribution is -0.0198. The van der Waals surface area contributed by atoms with Crippen LogP contribution in [0.5, 0.6) is 0 Å². The van der Waals surface area contributed by atoms with E-state index in [0.717, 1.165) is 5.92 Å². The Morgan fingerprint density at radius 2 is 2.25 bits per heavy atom. The lowest BCUT2D eigenvalue weighted by atomic mass is 9.48. The molecule has 3 atom stereocenters. The van der Waals surface area contributed by atoms with Gasteiger partial charge in [0.2, 0.25) is 0 Å². The first-order valence-electron chi connectivity index (χ1n) is 4.91. The van der Waals surface area contributed by atoms with Crippen molar-refractivity contribution in [2.45, 2.75) is 39.7 Å². The molecule has 0 radical (unpaired) electrons. The Morgan fingerprint density at radius 3 is 2.58 bits per heavy atom. The highest BCUT2D eigenvalue weighted by atomic mass is 16.3. The van der Waals surface area contributed by atoms with Crippen LogP contribution in [0, 0.1) is 17.3 Å². The average Bonchev–Trinajstić information content (AvgIpc) is 2.04. The summed E-state index contributed by atoms with van der Waals surface area (Å²) in [4.78, 5) is 0. The molecule has 0 aromatic rings. The lowest BCUT2D eigenvalue weighted by Gasteiger charge is -2.57. The van der Waals surface area contributed by atoms with Gasteiger partial charge in [0.15, 0.2) is 0 Å². The van der Waals surface area contributed by atoms with Crippen LogP contribution in [-0.2, 0) is 0 Å². The molecule has 3 rings (SSSR count). The Balaban J connectivity index is 2.24. The molecule has 3 aliphatic rings. The summed E-state index contributed by atoms with van der Waals surface area (Å²) in [5.41, 5.74) is 1.75. The Morgan fingerprint density at radius 1 is 1.58 bits per heavy atom. The van der Waals surface area contributed by atoms with Crippen molar-refractivity contribution in [1.29, 1.82) is 0 Å². The smallest absolute Gasteiger partial charge is 0.0724 e. The third-order valence-corrected chi connectivity index (χ3v) is 3.99. The summed E-state index contributed by atoms with van der Waals surface area (Å²) in [5.74, 6) is 1.54. The van der Waals surface area contributed by atoms with Crippen molar-refractivity contribution in [1.82, 2.24) is 0 Å². The number of fused-ring (bicyclic) bond motifs is 1. The van der Waals surface area contributed by atoms with Crippen molar-refractivity contribution in [2.24, 2.45) is 17.3 Å². The molecule has 0 amide bonds. The fraction of sp³-hybridized carbons (Fsp3) is 0.818. The molecule has 0 aromatic carbocycles. The van der Waals surface area contributed by atoms with E-state index in [4.69, 9.17) is 0 Å². The minimum absolute atomic E-state index is 0.226. The number of rotatable bonds is 1. The minimum Gasteiger partial charge on any atom is -0.389 e. The zero-order valence-corrected chi connectivity index (χ0v) is 8.17. The van der Waals surface area contributed by atoms with Crippen LogP contribution in [-0.4, -0.2) is 11.2 Å². The van der Waals surface area contributed by atoms with Gasteiger partial charge in [0.25, 0.3) is 0 Å². The highest BCUT2D eigenvalue weighted by molar-refractivity contribution is 5.25. The zero-order valence-electron chi connectivity index (χ0n) is 8.17. The van der Waals surface area contributed by atoms with Gasteiger partial charge >= 0.3 is 0 Å². The van der Waals surface area contributed by atoms with Crippen molar-refractivity contribution in [3.05, 3.63) is 11.6 Å². The standard InChI is InChI=1S/C11H18O/c1-7(12)9-5-4-8-6-10(9)11(8,2)3/h5,7-8,10,12H,4,6H2,1-3H3/t7-,8?,10?/m1/s1. The fourth-order valence-corrected chi connectivity index (χ4v) is 2.86. The maximum absolute atomic E-state index is 9.54. The molecule has 0 spiro atoms. The predicted molar refractivity (Wildman–Crippen MR) is 49.8 cm³/mol. The van der Waals surface area contributed by atoms with Crippen LogP contribution in [0.2, 0.25) is 0 Å². The van der Waals surface area contributed by atoms with Crippen LogP contribution in [0.25, 0.3) is 0 Å². The molecule has 3 aliphatic carbocycles. The molecule has 2 unspecified atom stereocenters. The summed E-state index contributed by atoms with van der Waals surface area (Å²) in [6, 6.07) is 0. The topological polar surface area (TPSA) is 20.2 Å². The number of allylic oxidation sites excluding steroid dienone is 1. The van der Waals surface area contributed by atoms with Crippen LogP contribution >= 0.6 is 0 Å². The molecule has 1 saturated carbocycles. The fourth-order valence-electron chi connectivity index (χ4n) is 2.86. The normalized spacial score (nSPS) is 39.8. The van der Waals surface area contributed by atoms with Gasteiger partial charge in [-0.2, -0.15) is 0 Å². The van der Waals surface area contributed by atoms with Gasteiger partial charge in [-0.15, -0.1) is 0 Å². The second kappa shape index (κ2) is 2.35. The molecule has 0 saturated heterocycles. The minimum atomic E-state index is -0.226. The van der Waals surface area contributed by atoms with Crippen LogP contribution < -0.4 is 0 Å². The van der Waals surface area contributed by atoms with E-state index < -0.39 is 0 Å². The first-order chi connectivity index (χ1) is 5.53. The zero-order chi connectivity index (χ0) is 8.93. The Kier molecular flexibility index (Phi) is 1.63. The molecule has 0 heterocycles. The van der Waals surface area contributed by atoms with Crippen molar-refractivity contribution in [3.8, 4) is 0 Å². The molecule has 12 heavy (non-hydrogen) atoms. The highest BCUT2D eigenvalue weighted by Gasteiger charge is 2.51. The number of hydrogen-bond donors (Lipinski definition) is 1. The SMILES string of the molecule is C[C@@H](O)C1=CCC2CC1C2(C)C. The van der Waals surface area contributed by atoms with E-state index >= 15 is 0 Å². The Bertz CT molecular complexity index is 225. The van der Waals surface area contributed by atoms with Crippen molar-refractivity contribution in [3.63, 3.8) is 0 Å². The van der Waals surface area contributed by atoms with Gasteiger partial charge in [0.1, 0.15) is 0 Å². The second-order valence-electron chi connectivity index (χ2n) is 4.92. The van der Waals surface area contributed by atoms with E-state index in [1.807, 2.05) is 6.92 Å². The Labute approximate surface area is 74.5 Å². The summed E-state index contributed by atoms with van der Waals surface area (Å²) < 4.78 is 0. The summed E-state index contributed by atoms with van der Waals surface area (Å²) in [6.07, 6.45) is 4.53. The third-order valence-electron chi connectivity index (χ3n) is 3.99. The van der Waals surface area contributed by atoms with Crippen LogP contribution in [0.3, 0.4) is 0 Å². The lowest BCUT2D eigenvalue weighted by Crippen LogP contribution is -2.49. The van der Waals surface area contributed by atoms with Gasteiger partial charge in [-0.3, -0.25) is 0 Å². The van der Waals surface area contributed by atoms with Gasteiger partial charge in [-0.1, -0.05) is 19.9 Å². The summed E-state index contributed by atoms with van der Waals surface area (Å²) >= 11 is 0. The Hall–Kier alpha value is -0.300. The van der Waals surface area contributed by atoms with Gasteiger partial charge in [-0.05, 0) is 42.6 Å². The maximum Gasteiger partial charge on any atom is 0.0724 e. The van der Waals surface area contributed by atoms with Crippen LogP contribution in [0.1, 0.15) is 33.6 Å². The molecule has 1 nitrogen and oxygen atoms in total. The molecule has 1 heteroatoms. The van der Waals surface area contributed by atoms with Crippen molar-refractivity contribution < 1.29 is 5.11 Å². The van der Waals surface area contributed by atoms with Crippen LogP contribution in [0.15, 0.2) is 11.6 Å². The largest absolute Gasteiger partial charge is 0.389 e. The molecule has 1 fully saturated rings. The number of aliphatic hydroxyl groups is 1. The molecule has 68 valence electrons. The molecular formula is C11H18O. The number of hydrogen-bond acceptors (Lipinski definition) is 1. The quantitative estimate of drug-likeness (QED) is 0.593. The molecular weight excluding hydrogens is 148 g/mol. The maximum atomic E-state index is 9.54. The summed E-state index contributed by atoms with van der Waals surface area (Å²) in [5, 5.41) is 9.54.